The summed E-state index contributed by atoms with van der Waals surface area (Å²) in [5, 5.41) is 13.1. The average molecular weight is 261 g/mol. The van der Waals surface area contributed by atoms with E-state index in [0.29, 0.717) is 18.1 Å². The van der Waals surface area contributed by atoms with Crippen molar-refractivity contribution in [2.24, 2.45) is 5.92 Å². The Labute approximate surface area is 104 Å². The van der Waals surface area contributed by atoms with Crippen LogP contribution in [0.5, 0.6) is 0 Å². The number of hydrogen-bond acceptors (Lipinski definition) is 4. The molecule has 2 aliphatic rings. The predicted octanol–water partition coefficient (Wildman–Crippen LogP) is 0.704. The normalized spacial score (nSPS) is 41.5. The summed E-state index contributed by atoms with van der Waals surface area (Å²) in [7, 11) is -2.84. The molecule has 5 heteroatoms. The van der Waals surface area contributed by atoms with Gasteiger partial charge in [-0.05, 0) is 25.2 Å². The number of aliphatic hydroxyl groups excluding tert-OH is 1. The molecule has 0 aromatic carbocycles. The second-order valence-corrected chi connectivity index (χ2v) is 8.11. The Morgan fingerprint density at radius 1 is 1.41 bits per heavy atom. The number of hydrogen-bond donors (Lipinski definition) is 2. The van der Waals surface area contributed by atoms with Crippen LogP contribution in [0.25, 0.3) is 0 Å². The number of nitrogens with one attached hydrogen (secondary N) is 1. The van der Waals surface area contributed by atoms with E-state index in [-0.39, 0.29) is 23.9 Å². The molecule has 4 nitrogen and oxygen atoms in total. The molecule has 1 saturated heterocycles. The molecule has 1 saturated carbocycles. The summed E-state index contributed by atoms with van der Waals surface area (Å²) in [4.78, 5) is 0. The van der Waals surface area contributed by atoms with Gasteiger partial charge in [-0.15, -0.1) is 0 Å². The highest BCUT2D eigenvalue weighted by Crippen LogP contribution is 2.33. The molecule has 0 amide bonds. The minimum atomic E-state index is -2.84. The first-order valence-corrected chi connectivity index (χ1v) is 8.36. The molecule has 3 atom stereocenters. The molecule has 2 fully saturated rings. The van der Waals surface area contributed by atoms with Crippen molar-refractivity contribution >= 4 is 9.84 Å². The fourth-order valence-corrected chi connectivity index (χ4v) is 5.00. The summed E-state index contributed by atoms with van der Waals surface area (Å²) in [6.07, 6.45) is 4.95. The van der Waals surface area contributed by atoms with Gasteiger partial charge in [0.2, 0.25) is 0 Å². The van der Waals surface area contributed by atoms with Crippen molar-refractivity contribution in [2.75, 3.05) is 18.1 Å². The Morgan fingerprint density at radius 2 is 2.18 bits per heavy atom. The Morgan fingerprint density at radius 3 is 2.71 bits per heavy atom. The van der Waals surface area contributed by atoms with E-state index in [1.807, 2.05) is 0 Å². The van der Waals surface area contributed by atoms with Gasteiger partial charge in [0, 0.05) is 11.6 Å². The Balaban J connectivity index is 2.00. The summed E-state index contributed by atoms with van der Waals surface area (Å²) >= 11 is 0. The molecule has 2 rings (SSSR count). The smallest absolute Gasteiger partial charge is 0.151 e. The van der Waals surface area contributed by atoms with Gasteiger partial charge in [0.15, 0.2) is 9.84 Å². The van der Waals surface area contributed by atoms with E-state index in [1.54, 1.807) is 0 Å². The highest BCUT2D eigenvalue weighted by molar-refractivity contribution is 7.91. The lowest BCUT2D eigenvalue weighted by Gasteiger charge is -2.41. The first kappa shape index (κ1) is 13.3. The van der Waals surface area contributed by atoms with Crippen LogP contribution in [-0.2, 0) is 9.84 Å². The van der Waals surface area contributed by atoms with E-state index in [2.05, 4.69) is 12.2 Å². The van der Waals surface area contributed by atoms with Crippen LogP contribution in [0.15, 0.2) is 0 Å². The van der Waals surface area contributed by atoms with Crippen LogP contribution in [0.2, 0.25) is 0 Å². The van der Waals surface area contributed by atoms with E-state index in [4.69, 9.17) is 0 Å². The van der Waals surface area contributed by atoms with E-state index in [0.717, 1.165) is 19.3 Å². The Bertz CT molecular complexity index is 368. The van der Waals surface area contributed by atoms with Crippen LogP contribution in [0.1, 0.15) is 39.0 Å². The van der Waals surface area contributed by atoms with Crippen molar-refractivity contribution < 1.29 is 13.5 Å². The van der Waals surface area contributed by atoms with Gasteiger partial charge in [-0.25, -0.2) is 8.42 Å². The molecule has 0 radical (unpaired) electrons. The van der Waals surface area contributed by atoms with Crippen molar-refractivity contribution in [3.8, 4) is 0 Å². The first-order chi connectivity index (χ1) is 7.95. The standard InChI is InChI=1S/C12H23NO3S/c1-10-3-2-5-12(7-10,9-14)13-11-4-6-17(15,16)8-11/h10-11,13-14H,2-9H2,1H3. The Hall–Kier alpha value is -0.130. The summed E-state index contributed by atoms with van der Waals surface area (Å²) in [6, 6.07) is 0.0393. The SMILES string of the molecule is CC1CCCC(CO)(NC2CCS(=O)(=O)C2)C1. The summed E-state index contributed by atoms with van der Waals surface area (Å²) < 4.78 is 22.9. The molecule has 17 heavy (non-hydrogen) atoms. The molecular weight excluding hydrogens is 238 g/mol. The maximum absolute atomic E-state index is 11.4. The second kappa shape index (κ2) is 4.86. The van der Waals surface area contributed by atoms with Crippen LogP contribution >= 0.6 is 0 Å². The third-order valence-electron chi connectivity index (χ3n) is 4.14. The predicted molar refractivity (Wildman–Crippen MR) is 67.6 cm³/mol. The van der Waals surface area contributed by atoms with Gasteiger partial charge in [0.05, 0.1) is 18.1 Å². The van der Waals surface area contributed by atoms with Crippen LogP contribution in [-0.4, -0.2) is 43.2 Å². The van der Waals surface area contributed by atoms with E-state index < -0.39 is 9.84 Å². The third-order valence-corrected chi connectivity index (χ3v) is 5.90. The maximum Gasteiger partial charge on any atom is 0.151 e. The summed E-state index contributed by atoms with van der Waals surface area (Å²) in [5.74, 6) is 1.15. The largest absolute Gasteiger partial charge is 0.394 e. The summed E-state index contributed by atoms with van der Waals surface area (Å²) in [5.41, 5.74) is -0.234. The van der Waals surface area contributed by atoms with Crippen LogP contribution in [0.4, 0.5) is 0 Å². The van der Waals surface area contributed by atoms with Crippen molar-refractivity contribution in [2.45, 2.75) is 50.6 Å². The molecule has 3 unspecified atom stereocenters. The zero-order valence-electron chi connectivity index (χ0n) is 10.5. The summed E-state index contributed by atoms with van der Waals surface area (Å²) in [6.45, 7) is 2.32. The van der Waals surface area contributed by atoms with Crippen LogP contribution < -0.4 is 5.32 Å². The van der Waals surface area contributed by atoms with Gasteiger partial charge in [-0.1, -0.05) is 19.8 Å². The highest BCUT2D eigenvalue weighted by atomic mass is 32.2. The molecule has 0 aromatic heterocycles. The number of rotatable bonds is 3. The fraction of sp³-hybridized carbons (Fsp3) is 1.00. The van der Waals surface area contributed by atoms with Gasteiger partial charge in [0.25, 0.3) is 0 Å². The van der Waals surface area contributed by atoms with E-state index in [9.17, 15) is 13.5 Å². The maximum atomic E-state index is 11.4. The molecule has 1 aliphatic carbocycles. The molecule has 100 valence electrons. The lowest BCUT2D eigenvalue weighted by atomic mass is 9.76. The minimum absolute atomic E-state index is 0.0393. The zero-order chi connectivity index (χ0) is 12.5. The van der Waals surface area contributed by atoms with Gasteiger partial charge < -0.3 is 10.4 Å². The van der Waals surface area contributed by atoms with E-state index in [1.165, 1.54) is 6.42 Å². The quantitative estimate of drug-likeness (QED) is 0.785. The Kier molecular flexibility index (Phi) is 3.80. The molecule has 2 N–H and O–H groups in total. The van der Waals surface area contributed by atoms with E-state index >= 15 is 0 Å². The van der Waals surface area contributed by atoms with Gasteiger partial charge >= 0.3 is 0 Å². The fourth-order valence-electron chi connectivity index (χ4n) is 3.32. The van der Waals surface area contributed by atoms with Crippen LogP contribution in [0.3, 0.4) is 0 Å². The lowest BCUT2D eigenvalue weighted by molar-refractivity contribution is 0.0910. The van der Waals surface area contributed by atoms with Crippen LogP contribution in [0, 0.1) is 5.92 Å². The van der Waals surface area contributed by atoms with Gasteiger partial charge in [-0.2, -0.15) is 0 Å². The molecule has 0 bridgehead atoms. The average Bonchev–Trinajstić information content (AvgIpc) is 2.58. The molecule has 0 spiro atoms. The van der Waals surface area contributed by atoms with Gasteiger partial charge in [-0.3, -0.25) is 0 Å². The minimum Gasteiger partial charge on any atom is -0.394 e. The topological polar surface area (TPSA) is 66.4 Å². The molecule has 1 heterocycles. The van der Waals surface area contributed by atoms with Gasteiger partial charge in [0.1, 0.15) is 0 Å². The second-order valence-electron chi connectivity index (χ2n) is 5.88. The molecular formula is C12H23NO3S. The number of sulfone groups is 1. The van der Waals surface area contributed by atoms with Crippen molar-refractivity contribution in [1.29, 1.82) is 0 Å². The van der Waals surface area contributed by atoms with Crippen molar-refractivity contribution in [1.82, 2.24) is 5.32 Å². The molecule has 1 aliphatic heterocycles. The van der Waals surface area contributed by atoms with Crippen molar-refractivity contribution in [3.05, 3.63) is 0 Å². The highest BCUT2D eigenvalue weighted by Gasteiger charge is 2.38. The molecule has 0 aromatic rings. The zero-order valence-corrected chi connectivity index (χ0v) is 11.3. The monoisotopic (exact) mass is 261 g/mol. The lowest BCUT2D eigenvalue weighted by Crippen LogP contribution is -2.55. The number of aliphatic hydroxyl groups is 1. The first-order valence-electron chi connectivity index (χ1n) is 6.54. The third kappa shape index (κ3) is 3.20. The van der Waals surface area contributed by atoms with Crippen molar-refractivity contribution in [3.63, 3.8) is 0 Å².